The first-order valence-electron chi connectivity index (χ1n) is 14.7. The number of carbonyl (C=O) groups is 4. The van der Waals surface area contributed by atoms with Gasteiger partial charge in [0.1, 0.15) is 18.0 Å². The Morgan fingerprint density at radius 2 is 1.30 bits per heavy atom. The monoisotopic (exact) mass is 638 g/mol. The molecule has 12 heteroatoms. The minimum absolute atomic E-state index is 0.0264. The molecule has 4 aromatic carbocycles. The molecule has 244 valence electrons. The zero-order valence-electron chi connectivity index (χ0n) is 26.7. The van der Waals surface area contributed by atoms with E-state index in [4.69, 9.17) is 4.74 Å². The normalized spacial score (nSPS) is 10.4. The average molecular weight is 639 g/mol. The first-order valence-corrected chi connectivity index (χ1v) is 14.7. The number of carbonyl (C=O) groups excluding carboxylic acids is 4. The number of nitrogens with one attached hydrogen (secondary N) is 2. The number of rotatable bonds is 12. The molecule has 5 amide bonds. The van der Waals surface area contributed by atoms with Crippen molar-refractivity contribution >= 4 is 52.2 Å². The second-order valence-electron chi connectivity index (χ2n) is 10.8. The number of hydrogen-bond donors (Lipinski definition) is 3. The Labute approximate surface area is 273 Å². The molecule has 47 heavy (non-hydrogen) atoms. The van der Waals surface area contributed by atoms with Crippen LogP contribution < -0.4 is 35.0 Å². The number of anilines is 5. The molecular weight excluding hydrogens is 600 g/mol. The van der Waals surface area contributed by atoms with Crippen LogP contribution in [0.1, 0.15) is 0 Å². The maximum Gasteiger partial charge on any atom is 0.319 e. The fraction of sp³-hybridized carbons (Fsp3) is 0.200. The van der Waals surface area contributed by atoms with E-state index in [9.17, 15) is 24.3 Å². The van der Waals surface area contributed by atoms with E-state index in [0.29, 0.717) is 22.7 Å². The molecule has 3 N–H and O–H groups in total. The van der Waals surface area contributed by atoms with Gasteiger partial charge in [-0.3, -0.25) is 14.4 Å². The Morgan fingerprint density at radius 3 is 2.02 bits per heavy atom. The fourth-order valence-electron chi connectivity index (χ4n) is 4.48. The van der Waals surface area contributed by atoms with Gasteiger partial charge < -0.3 is 40.1 Å². The number of nitrogens with zero attached hydrogens (tertiary/aromatic N) is 4. The number of hydrogen-bond acceptors (Lipinski definition) is 7. The van der Waals surface area contributed by atoms with Gasteiger partial charge in [0.25, 0.3) is 5.91 Å². The number of para-hydroxylation sites is 1. The highest BCUT2D eigenvalue weighted by Gasteiger charge is 2.23. The third kappa shape index (κ3) is 9.47. The second kappa shape index (κ2) is 15.8. The van der Waals surface area contributed by atoms with Crippen molar-refractivity contribution in [1.82, 2.24) is 5.32 Å². The van der Waals surface area contributed by atoms with Crippen molar-refractivity contribution in [3.05, 3.63) is 103 Å². The van der Waals surface area contributed by atoms with Gasteiger partial charge in [0.05, 0.1) is 6.54 Å². The number of urea groups is 1. The zero-order valence-corrected chi connectivity index (χ0v) is 26.7. The van der Waals surface area contributed by atoms with Crippen molar-refractivity contribution in [2.75, 3.05) is 72.8 Å². The fourth-order valence-corrected chi connectivity index (χ4v) is 4.48. The summed E-state index contributed by atoms with van der Waals surface area (Å²) < 4.78 is 5.75. The molecule has 0 fully saturated rings. The Balaban J connectivity index is 1.48. The lowest BCUT2D eigenvalue weighted by Gasteiger charge is -2.26. The van der Waals surface area contributed by atoms with Gasteiger partial charge in [-0.25, -0.2) is 4.79 Å². The largest absolute Gasteiger partial charge is 0.508 e. The van der Waals surface area contributed by atoms with Crippen LogP contribution in [0, 0.1) is 0 Å². The highest BCUT2D eigenvalue weighted by atomic mass is 16.5. The summed E-state index contributed by atoms with van der Waals surface area (Å²) in [5.74, 6) is -0.982. The molecule has 0 aliphatic heterocycles. The van der Waals surface area contributed by atoms with E-state index in [0.717, 1.165) is 5.69 Å². The summed E-state index contributed by atoms with van der Waals surface area (Å²) in [6, 6.07) is 28.4. The van der Waals surface area contributed by atoms with Gasteiger partial charge in [-0.2, -0.15) is 0 Å². The summed E-state index contributed by atoms with van der Waals surface area (Å²) in [6.07, 6.45) is 0. The maximum absolute atomic E-state index is 13.6. The van der Waals surface area contributed by atoms with E-state index in [-0.39, 0.29) is 36.5 Å². The molecule has 0 spiro atoms. The molecule has 0 saturated carbocycles. The Morgan fingerprint density at radius 1 is 0.660 bits per heavy atom. The van der Waals surface area contributed by atoms with E-state index in [1.54, 1.807) is 93.0 Å². The van der Waals surface area contributed by atoms with Gasteiger partial charge in [-0.1, -0.05) is 36.4 Å². The number of phenols is 1. The van der Waals surface area contributed by atoms with Crippen LogP contribution in [0.2, 0.25) is 0 Å². The molecule has 0 radical (unpaired) electrons. The van der Waals surface area contributed by atoms with Crippen LogP contribution >= 0.6 is 0 Å². The molecular formula is C35H38N6O6. The minimum Gasteiger partial charge on any atom is -0.508 e. The van der Waals surface area contributed by atoms with Crippen molar-refractivity contribution in [2.45, 2.75) is 0 Å². The molecule has 4 rings (SSSR count). The van der Waals surface area contributed by atoms with Gasteiger partial charge in [0, 0.05) is 68.8 Å². The van der Waals surface area contributed by atoms with Gasteiger partial charge in [0.15, 0.2) is 6.61 Å². The van der Waals surface area contributed by atoms with Crippen LogP contribution in [0.15, 0.2) is 103 Å². The summed E-state index contributed by atoms with van der Waals surface area (Å²) in [5.41, 5.74) is 2.91. The number of aromatic hydroxyl groups is 1. The third-order valence-corrected chi connectivity index (χ3v) is 7.22. The molecule has 0 aromatic heterocycles. The van der Waals surface area contributed by atoms with Crippen LogP contribution in [0.4, 0.5) is 33.2 Å². The third-order valence-electron chi connectivity index (χ3n) is 7.22. The van der Waals surface area contributed by atoms with Crippen LogP contribution in [0.5, 0.6) is 11.5 Å². The summed E-state index contributed by atoms with van der Waals surface area (Å²) in [5, 5.41) is 15.0. The SMILES string of the molecule is CN(C)c1cccc(NC(=O)NCC(=O)N(CC(=O)N(C)c2ccccc2)c2cccc(OCC(=O)N(C)c3cccc(O)c3)c2)c1. The van der Waals surface area contributed by atoms with Gasteiger partial charge in [-0.15, -0.1) is 0 Å². The van der Waals surface area contributed by atoms with Crippen molar-refractivity contribution in [1.29, 1.82) is 0 Å². The molecule has 0 aliphatic carbocycles. The minimum atomic E-state index is -0.589. The Kier molecular flexibility index (Phi) is 11.4. The topological polar surface area (TPSA) is 135 Å². The zero-order chi connectivity index (χ0) is 33.9. The first kappa shape index (κ1) is 33.8. The van der Waals surface area contributed by atoms with E-state index in [1.165, 1.54) is 26.8 Å². The lowest BCUT2D eigenvalue weighted by molar-refractivity contribution is -0.121. The maximum atomic E-state index is 13.6. The number of phenolic OH excluding ortho intramolecular Hbond substituents is 1. The summed E-state index contributed by atoms with van der Waals surface area (Å²) in [6.45, 7) is -1.06. The van der Waals surface area contributed by atoms with E-state index in [2.05, 4.69) is 10.6 Å². The van der Waals surface area contributed by atoms with Crippen LogP contribution in [-0.4, -0.2) is 76.7 Å². The van der Waals surface area contributed by atoms with Crippen molar-refractivity contribution in [3.8, 4) is 11.5 Å². The number of likely N-dealkylation sites (N-methyl/N-ethyl adjacent to an activating group) is 2. The highest BCUT2D eigenvalue weighted by molar-refractivity contribution is 6.05. The molecule has 0 aliphatic rings. The predicted molar refractivity (Wildman–Crippen MR) is 183 cm³/mol. The number of benzene rings is 4. The van der Waals surface area contributed by atoms with E-state index < -0.39 is 18.5 Å². The highest BCUT2D eigenvalue weighted by Crippen LogP contribution is 2.24. The second-order valence-corrected chi connectivity index (χ2v) is 10.8. The van der Waals surface area contributed by atoms with Crippen LogP contribution in [0.3, 0.4) is 0 Å². The smallest absolute Gasteiger partial charge is 0.319 e. The van der Waals surface area contributed by atoms with Crippen molar-refractivity contribution in [3.63, 3.8) is 0 Å². The van der Waals surface area contributed by atoms with Crippen LogP contribution in [-0.2, 0) is 14.4 Å². The van der Waals surface area contributed by atoms with Crippen LogP contribution in [0.25, 0.3) is 0 Å². The Bertz CT molecular complexity index is 1710. The molecule has 4 aromatic rings. The first-order chi connectivity index (χ1) is 22.5. The molecule has 0 saturated heterocycles. The predicted octanol–water partition coefficient (Wildman–Crippen LogP) is 4.32. The summed E-state index contributed by atoms with van der Waals surface area (Å²) >= 11 is 0. The summed E-state index contributed by atoms with van der Waals surface area (Å²) in [4.78, 5) is 58.4. The standard InChI is InChI=1S/C35H38N6O6/c1-38(2)27-14-8-11-25(19-27)37-35(46)36-22-32(43)41(23-33(44)39(3)26-12-6-5-7-13-26)29-16-10-18-31(21-29)47-24-34(45)40(4)28-15-9-17-30(42)20-28/h5-21,42H,22-24H2,1-4H3,(H2,36,37,46). The Hall–Kier alpha value is -6.04. The molecule has 0 heterocycles. The number of ether oxygens (including phenoxy) is 1. The van der Waals surface area contributed by atoms with E-state index >= 15 is 0 Å². The molecule has 0 bridgehead atoms. The molecule has 12 nitrogen and oxygen atoms in total. The number of amides is 5. The lowest BCUT2D eigenvalue weighted by atomic mass is 10.2. The van der Waals surface area contributed by atoms with Gasteiger partial charge in [0.2, 0.25) is 11.8 Å². The van der Waals surface area contributed by atoms with Gasteiger partial charge in [-0.05, 0) is 54.6 Å². The average Bonchev–Trinajstić information content (AvgIpc) is 3.08. The van der Waals surface area contributed by atoms with Crippen molar-refractivity contribution in [2.24, 2.45) is 0 Å². The molecule has 0 unspecified atom stereocenters. The van der Waals surface area contributed by atoms with Crippen molar-refractivity contribution < 1.29 is 29.0 Å². The summed E-state index contributed by atoms with van der Waals surface area (Å²) in [7, 11) is 6.95. The quantitative estimate of drug-likeness (QED) is 0.210. The van der Waals surface area contributed by atoms with E-state index in [1.807, 2.05) is 31.1 Å². The molecule has 0 atom stereocenters. The van der Waals surface area contributed by atoms with Gasteiger partial charge >= 0.3 is 6.03 Å². The lowest BCUT2D eigenvalue weighted by Crippen LogP contribution is -2.46.